The summed E-state index contributed by atoms with van der Waals surface area (Å²) in [6, 6.07) is 9.44. The fourth-order valence-electron chi connectivity index (χ4n) is 1.35. The van der Waals surface area contributed by atoms with Crippen LogP contribution in [0.15, 0.2) is 42.5 Å². The van der Waals surface area contributed by atoms with Gasteiger partial charge in [-0.1, -0.05) is 30.3 Å². The fourth-order valence-corrected chi connectivity index (χ4v) is 1.35. The zero-order valence-corrected chi connectivity index (χ0v) is 8.51. The Morgan fingerprint density at radius 3 is 1.88 bits per heavy atom. The zero-order valence-electron chi connectivity index (χ0n) is 8.51. The van der Waals surface area contributed by atoms with E-state index in [1.165, 1.54) is 17.1 Å². The van der Waals surface area contributed by atoms with Gasteiger partial charge < -0.3 is 11.0 Å². The first kappa shape index (κ1) is 14.0. The van der Waals surface area contributed by atoms with Crippen molar-refractivity contribution in [2.24, 2.45) is 0 Å². The second-order valence-electron chi connectivity index (χ2n) is 3.08. The van der Waals surface area contributed by atoms with Gasteiger partial charge in [0.25, 0.3) is 11.8 Å². The summed E-state index contributed by atoms with van der Waals surface area (Å²) in [5.41, 5.74) is 0.956. The number of nitrogens with zero attached hydrogens (tertiary/aromatic N) is 1. The molecule has 86 valence electrons. The average Bonchev–Trinajstić information content (AvgIpc) is 2.51. The summed E-state index contributed by atoms with van der Waals surface area (Å²) < 4.78 is 0. The quantitative estimate of drug-likeness (QED) is 0.629. The van der Waals surface area contributed by atoms with E-state index in [-0.39, 0.29) is 22.8 Å². The van der Waals surface area contributed by atoms with E-state index in [0.29, 0.717) is 6.54 Å². The molecule has 0 saturated heterocycles. The number of benzene rings is 1. The monoisotopic (exact) mass is 223 g/mol. The van der Waals surface area contributed by atoms with E-state index in [2.05, 4.69) is 0 Å². The number of amides is 2. The van der Waals surface area contributed by atoms with Gasteiger partial charge in [0.05, 0.1) is 6.54 Å². The maximum Gasteiger partial charge on any atom is 0.253 e. The van der Waals surface area contributed by atoms with E-state index in [4.69, 9.17) is 0 Å². The molecule has 4 N–H and O–H groups in total. The van der Waals surface area contributed by atoms with Crippen LogP contribution in [0.5, 0.6) is 0 Å². The van der Waals surface area contributed by atoms with Crippen LogP contribution in [0, 0.1) is 0 Å². The average molecular weight is 223 g/mol. The maximum atomic E-state index is 11.2. The highest BCUT2D eigenvalue weighted by Gasteiger charge is 2.22. The van der Waals surface area contributed by atoms with Crippen LogP contribution in [-0.2, 0) is 16.1 Å². The molecule has 16 heavy (non-hydrogen) atoms. The Labute approximate surface area is 92.6 Å². The molecule has 0 radical (unpaired) electrons. The first-order valence-corrected chi connectivity index (χ1v) is 4.35. The predicted molar refractivity (Wildman–Crippen MR) is 58.4 cm³/mol. The summed E-state index contributed by atoms with van der Waals surface area (Å²) in [5, 5.41) is 0. The molecule has 0 spiro atoms. The maximum absolute atomic E-state index is 11.2. The van der Waals surface area contributed by atoms with E-state index < -0.39 is 0 Å². The van der Waals surface area contributed by atoms with Crippen molar-refractivity contribution in [3.8, 4) is 0 Å². The number of hydrogen-bond acceptors (Lipinski definition) is 2. The lowest BCUT2D eigenvalue weighted by Gasteiger charge is -2.13. The summed E-state index contributed by atoms with van der Waals surface area (Å²) in [5.74, 6) is -0.474. The topological polar surface area (TPSA) is 100 Å². The van der Waals surface area contributed by atoms with Crippen LogP contribution in [0.1, 0.15) is 5.56 Å². The molecular formula is C11H13NO4. The molecule has 1 aliphatic rings. The minimum atomic E-state index is -0.237. The van der Waals surface area contributed by atoms with E-state index in [1.807, 2.05) is 30.3 Å². The van der Waals surface area contributed by atoms with Crippen LogP contribution in [0.2, 0.25) is 0 Å². The van der Waals surface area contributed by atoms with E-state index in [1.54, 1.807) is 0 Å². The number of carbonyl (C=O) groups excluding carboxylic acids is 2. The molecule has 0 saturated carbocycles. The highest BCUT2D eigenvalue weighted by molar-refractivity contribution is 6.12. The summed E-state index contributed by atoms with van der Waals surface area (Å²) in [4.78, 5) is 23.6. The molecule has 5 nitrogen and oxygen atoms in total. The Hall–Kier alpha value is -1.98. The van der Waals surface area contributed by atoms with E-state index in [0.717, 1.165) is 5.56 Å². The molecule has 0 unspecified atom stereocenters. The molecule has 1 heterocycles. The number of hydrogen-bond donors (Lipinski definition) is 0. The van der Waals surface area contributed by atoms with E-state index >= 15 is 0 Å². The van der Waals surface area contributed by atoms with Crippen LogP contribution >= 0.6 is 0 Å². The van der Waals surface area contributed by atoms with Crippen molar-refractivity contribution in [1.82, 2.24) is 4.90 Å². The zero-order chi connectivity index (χ0) is 9.97. The lowest BCUT2D eigenvalue weighted by Crippen LogP contribution is -2.29. The molecule has 0 bridgehead atoms. The molecule has 1 aromatic carbocycles. The second kappa shape index (κ2) is 5.79. The van der Waals surface area contributed by atoms with Gasteiger partial charge in [-0.05, 0) is 5.56 Å². The Morgan fingerprint density at radius 2 is 1.38 bits per heavy atom. The molecule has 2 amide bonds. The normalized spacial score (nSPS) is 13.4. The second-order valence-corrected chi connectivity index (χ2v) is 3.08. The van der Waals surface area contributed by atoms with Crippen LogP contribution in [0.25, 0.3) is 0 Å². The standard InChI is InChI=1S/C11H9NO2.2H2O/c13-10-6-7-11(14)12(10)8-9-4-2-1-3-5-9;;/h1-7H,8H2;2*1H2. The highest BCUT2D eigenvalue weighted by atomic mass is 16.2. The van der Waals surface area contributed by atoms with Crippen molar-refractivity contribution in [2.45, 2.75) is 6.54 Å². The van der Waals surface area contributed by atoms with Crippen molar-refractivity contribution in [2.75, 3.05) is 0 Å². The molecule has 2 rings (SSSR count). The van der Waals surface area contributed by atoms with Crippen LogP contribution in [-0.4, -0.2) is 27.7 Å². The first-order valence-electron chi connectivity index (χ1n) is 4.35. The number of imide groups is 1. The number of carbonyl (C=O) groups is 2. The van der Waals surface area contributed by atoms with Gasteiger partial charge in [0, 0.05) is 12.2 Å². The molecule has 0 fully saturated rings. The summed E-state index contributed by atoms with van der Waals surface area (Å²) in [7, 11) is 0. The minimum Gasteiger partial charge on any atom is -0.412 e. The van der Waals surface area contributed by atoms with Gasteiger partial charge in [0.2, 0.25) is 0 Å². The molecular weight excluding hydrogens is 210 g/mol. The third-order valence-corrected chi connectivity index (χ3v) is 2.08. The summed E-state index contributed by atoms with van der Waals surface area (Å²) >= 11 is 0. The lowest BCUT2D eigenvalue weighted by molar-refractivity contribution is -0.137. The highest BCUT2D eigenvalue weighted by Crippen LogP contribution is 2.09. The molecule has 1 aliphatic heterocycles. The van der Waals surface area contributed by atoms with E-state index in [9.17, 15) is 9.59 Å². The van der Waals surface area contributed by atoms with Crippen molar-refractivity contribution in [3.63, 3.8) is 0 Å². The van der Waals surface area contributed by atoms with Crippen LogP contribution < -0.4 is 0 Å². The van der Waals surface area contributed by atoms with Gasteiger partial charge >= 0.3 is 0 Å². The molecule has 5 heteroatoms. The Morgan fingerprint density at radius 1 is 0.875 bits per heavy atom. The summed E-state index contributed by atoms with van der Waals surface area (Å²) in [6.07, 6.45) is 2.59. The molecule has 0 aliphatic carbocycles. The van der Waals surface area contributed by atoms with Gasteiger partial charge in [-0.3, -0.25) is 14.5 Å². The van der Waals surface area contributed by atoms with Gasteiger partial charge in [0.15, 0.2) is 0 Å². The molecule has 0 aromatic heterocycles. The van der Waals surface area contributed by atoms with Gasteiger partial charge in [0.1, 0.15) is 0 Å². The van der Waals surface area contributed by atoms with Crippen molar-refractivity contribution in [1.29, 1.82) is 0 Å². The van der Waals surface area contributed by atoms with Crippen LogP contribution in [0.3, 0.4) is 0 Å². The van der Waals surface area contributed by atoms with Crippen LogP contribution in [0.4, 0.5) is 0 Å². The molecule has 1 aromatic rings. The smallest absolute Gasteiger partial charge is 0.253 e. The Kier molecular flexibility index (Phi) is 5.08. The van der Waals surface area contributed by atoms with Crippen molar-refractivity contribution < 1.29 is 20.5 Å². The predicted octanol–water partition coefficient (Wildman–Crippen LogP) is -0.538. The third kappa shape index (κ3) is 2.75. The third-order valence-electron chi connectivity index (χ3n) is 2.08. The van der Waals surface area contributed by atoms with Crippen molar-refractivity contribution >= 4 is 11.8 Å². The lowest BCUT2D eigenvalue weighted by atomic mass is 10.2. The van der Waals surface area contributed by atoms with Crippen molar-refractivity contribution in [3.05, 3.63) is 48.0 Å². The largest absolute Gasteiger partial charge is 0.412 e. The SMILES string of the molecule is O.O.O=C1C=CC(=O)N1Cc1ccccc1. The van der Waals surface area contributed by atoms with Gasteiger partial charge in [-0.2, -0.15) is 0 Å². The van der Waals surface area contributed by atoms with Gasteiger partial charge in [-0.25, -0.2) is 0 Å². The Balaban J connectivity index is 0.00000112. The van der Waals surface area contributed by atoms with Gasteiger partial charge in [-0.15, -0.1) is 0 Å². The number of rotatable bonds is 2. The first-order chi connectivity index (χ1) is 6.77. The molecule has 0 atom stereocenters. The fraction of sp³-hybridized carbons (Fsp3) is 0.0909. The Bertz CT molecular complexity index is 382. The minimum absolute atomic E-state index is 0. The summed E-state index contributed by atoms with van der Waals surface area (Å²) in [6.45, 7) is 0.353.